The molecule has 1 amide bonds. The van der Waals surface area contributed by atoms with Crippen LogP contribution < -0.4 is 16.6 Å². The van der Waals surface area contributed by atoms with Crippen molar-refractivity contribution in [2.45, 2.75) is 64.8 Å². The van der Waals surface area contributed by atoms with E-state index in [2.05, 4.69) is 10.3 Å². The molecule has 1 unspecified atom stereocenters. The van der Waals surface area contributed by atoms with Gasteiger partial charge in [0, 0.05) is 30.3 Å². The van der Waals surface area contributed by atoms with Crippen LogP contribution in [-0.4, -0.2) is 29.3 Å². The van der Waals surface area contributed by atoms with Gasteiger partial charge in [0.15, 0.2) is 5.78 Å². The summed E-state index contributed by atoms with van der Waals surface area (Å²) < 4.78 is 0. The monoisotopic (exact) mass is 359 g/mol. The maximum Gasteiger partial charge on any atom is 0.261 e. The maximum absolute atomic E-state index is 12.7. The number of amides is 1. The predicted molar refractivity (Wildman–Crippen MR) is 100 cm³/mol. The lowest BCUT2D eigenvalue weighted by Gasteiger charge is -2.31. The minimum Gasteiger partial charge on any atom is -0.348 e. The summed E-state index contributed by atoms with van der Waals surface area (Å²) in [7, 11) is 0. The molecule has 1 saturated carbocycles. The largest absolute Gasteiger partial charge is 0.348 e. The molecule has 1 atom stereocenters. The third-order valence-electron chi connectivity index (χ3n) is 5.75. The molecule has 2 aliphatic rings. The van der Waals surface area contributed by atoms with Crippen LogP contribution in [0.25, 0.3) is 0 Å². The van der Waals surface area contributed by atoms with Crippen molar-refractivity contribution in [3.05, 3.63) is 33.2 Å². The molecule has 4 N–H and O–H groups in total. The van der Waals surface area contributed by atoms with Crippen molar-refractivity contribution in [1.82, 2.24) is 10.3 Å². The number of H-pyrrole nitrogens is 1. The minimum atomic E-state index is -0.439. The molecule has 0 aliphatic heterocycles. The topological polar surface area (TPSA) is 105 Å². The molecular weight excluding hydrogens is 330 g/mol. The molecule has 1 aromatic rings. The highest BCUT2D eigenvalue weighted by atomic mass is 16.2. The fourth-order valence-electron chi connectivity index (χ4n) is 4.35. The van der Waals surface area contributed by atoms with E-state index < -0.39 is 11.5 Å². The van der Waals surface area contributed by atoms with E-state index in [-0.39, 0.29) is 22.8 Å². The van der Waals surface area contributed by atoms with E-state index in [0.717, 1.165) is 25.7 Å². The van der Waals surface area contributed by atoms with E-state index in [4.69, 9.17) is 5.73 Å². The average Bonchev–Trinajstić information content (AvgIpc) is 2.58. The van der Waals surface area contributed by atoms with Crippen LogP contribution in [0.2, 0.25) is 0 Å². The van der Waals surface area contributed by atoms with Gasteiger partial charge in [0.1, 0.15) is 5.56 Å². The summed E-state index contributed by atoms with van der Waals surface area (Å²) in [6.45, 7) is 4.36. The van der Waals surface area contributed by atoms with Crippen molar-refractivity contribution in [1.29, 1.82) is 0 Å². The van der Waals surface area contributed by atoms with Gasteiger partial charge in [-0.15, -0.1) is 0 Å². The molecule has 1 aromatic heterocycles. The number of ketones is 1. The zero-order chi connectivity index (χ0) is 18.9. The fraction of sp³-hybridized carbons (Fsp3) is 0.650. The van der Waals surface area contributed by atoms with Gasteiger partial charge in [0.05, 0.1) is 0 Å². The minimum absolute atomic E-state index is 0.00562. The van der Waals surface area contributed by atoms with Crippen molar-refractivity contribution >= 4 is 11.7 Å². The van der Waals surface area contributed by atoms with Crippen LogP contribution in [0.4, 0.5) is 0 Å². The second kappa shape index (κ2) is 7.35. The third-order valence-corrected chi connectivity index (χ3v) is 5.75. The first-order chi connectivity index (χ1) is 12.3. The number of nitrogens with two attached hydrogens (primary N) is 1. The average molecular weight is 359 g/mol. The van der Waals surface area contributed by atoms with Crippen LogP contribution in [0.15, 0.2) is 10.9 Å². The van der Waals surface area contributed by atoms with E-state index in [9.17, 15) is 14.4 Å². The number of rotatable bonds is 4. The number of hydrogen-bond donors (Lipinski definition) is 3. The van der Waals surface area contributed by atoms with Crippen molar-refractivity contribution in [3.8, 4) is 0 Å². The predicted octanol–water partition coefficient (Wildman–Crippen LogP) is 2.17. The number of hydrogen-bond acceptors (Lipinski definition) is 4. The first kappa shape index (κ1) is 18.8. The Hall–Kier alpha value is -1.95. The smallest absolute Gasteiger partial charge is 0.261 e. The second-order valence-electron chi connectivity index (χ2n) is 8.56. The third kappa shape index (κ3) is 3.90. The van der Waals surface area contributed by atoms with E-state index in [0.29, 0.717) is 36.6 Å². The zero-order valence-electron chi connectivity index (χ0n) is 15.7. The van der Waals surface area contributed by atoms with Gasteiger partial charge in [-0.05, 0) is 36.7 Å². The highest BCUT2D eigenvalue weighted by molar-refractivity contribution is 6.02. The molecule has 0 aromatic carbocycles. The molecule has 6 nitrogen and oxygen atoms in total. The fourth-order valence-corrected chi connectivity index (χ4v) is 4.35. The van der Waals surface area contributed by atoms with E-state index in [1.807, 2.05) is 13.8 Å². The van der Waals surface area contributed by atoms with Crippen LogP contribution in [0.1, 0.15) is 78.8 Å². The molecule has 0 bridgehead atoms. The van der Waals surface area contributed by atoms with Gasteiger partial charge in [-0.25, -0.2) is 0 Å². The molecular formula is C20H29N3O3. The van der Waals surface area contributed by atoms with Gasteiger partial charge in [-0.2, -0.15) is 0 Å². The summed E-state index contributed by atoms with van der Waals surface area (Å²) in [5.74, 6) is -0.103. The number of aromatic nitrogens is 1. The van der Waals surface area contributed by atoms with Crippen LogP contribution in [-0.2, 0) is 6.42 Å². The molecule has 142 valence electrons. The van der Waals surface area contributed by atoms with Crippen molar-refractivity contribution in [2.75, 3.05) is 6.54 Å². The van der Waals surface area contributed by atoms with Gasteiger partial charge in [0.2, 0.25) is 0 Å². The van der Waals surface area contributed by atoms with Gasteiger partial charge in [-0.1, -0.05) is 33.1 Å². The van der Waals surface area contributed by atoms with E-state index in [1.165, 1.54) is 12.5 Å². The van der Waals surface area contributed by atoms with Crippen LogP contribution in [0.5, 0.6) is 0 Å². The Balaban J connectivity index is 1.82. The van der Waals surface area contributed by atoms with Crippen LogP contribution in [0.3, 0.4) is 0 Å². The molecule has 6 heteroatoms. The number of aromatic amines is 1. The lowest BCUT2D eigenvalue weighted by Crippen LogP contribution is -2.47. The van der Waals surface area contributed by atoms with E-state index in [1.54, 1.807) is 0 Å². The highest BCUT2D eigenvalue weighted by Gasteiger charge is 2.33. The second-order valence-corrected chi connectivity index (χ2v) is 8.56. The standard InChI is InChI=1S/C20H29N3O3/c1-20(2)9-15-13(17(24)10-20)8-14(18(25)22-15)19(26)23-16(11-21)12-6-4-3-5-7-12/h8,12,16H,3-7,9-11,21H2,1-2H3,(H,22,25)(H,23,26). The molecule has 0 spiro atoms. The van der Waals surface area contributed by atoms with Gasteiger partial charge in [0.25, 0.3) is 11.5 Å². The molecule has 0 saturated heterocycles. The summed E-state index contributed by atoms with van der Waals surface area (Å²) in [5, 5.41) is 2.94. The molecule has 2 aliphatic carbocycles. The van der Waals surface area contributed by atoms with E-state index >= 15 is 0 Å². The number of Topliss-reactive ketones (excluding diaryl/α,β-unsaturated/α-hetero) is 1. The number of pyridine rings is 1. The van der Waals surface area contributed by atoms with Crippen LogP contribution >= 0.6 is 0 Å². The number of nitrogens with one attached hydrogen (secondary N) is 2. The Morgan fingerprint density at radius 1 is 1.27 bits per heavy atom. The van der Waals surface area contributed by atoms with Crippen LogP contribution in [0, 0.1) is 11.3 Å². The summed E-state index contributed by atoms with van der Waals surface area (Å²) in [6.07, 6.45) is 6.68. The maximum atomic E-state index is 12.7. The Bertz CT molecular complexity index is 760. The Kier molecular flexibility index (Phi) is 5.32. The van der Waals surface area contributed by atoms with Gasteiger partial charge < -0.3 is 16.0 Å². The quantitative estimate of drug-likeness (QED) is 0.766. The highest BCUT2D eigenvalue weighted by Crippen LogP contribution is 2.33. The lowest BCUT2D eigenvalue weighted by molar-refractivity contribution is 0.0909. The van der Waals surface area contributed by atoms with Crippen molar-refractivity contribution in [3.63, 3.8) is 0 Å². The lowest BCUT2D eigenvalue weighted by atomic mass is 9.75. The summed E-state index contributed by atoms with van der Waals surface area (Å²) in [5.41, 5.74) is 6.37. The number of fused-ring (bicyclic) bond motifs is 1. The molecule has 1 heterocycles. The molecule has 3 rings (SSSR count). The number of carbonyl (C=O) groups excluding carboxylic acids is 2. The molecule has 1 fully saturated rings. The first-order valence-corrected chi connectivity index (χ1v) is 9.61. The Morgan fingerprint density at radius 3 is 2.62 bits per heavy atom. The zero-order valence-corrected chi connectivity index (χ0v) is 15.7. The SMILES string of the molecule is CC1(C)CC(=O)c2cc(C(=O)NC(CN)C3CCCCC3)c(=O)[nH]c2C1. The molecule has 0 radical (unpaired) electrons. The van der Waals surface area contributed by atoms with Crippen molar-refractivity contribution < 1.29 is 9.59 Å². The summed E-state index contributed by atoms with van der Waals surface area (Å²) in [6, 6.07) is 1.34. The van der Waals surface area contributed by atoms with Crippen molar-refractivity contribution in [2.24, 2.45) is 17.1 Å². The van der Waals surface area contributed by atoms with Gasteiger partial charge >= 0.3 is 0 Å². The summed E-state index contributed by atoms with van der Waals surface area (Å²) >= 11 is 0. The number of carbonyl (C=O) groups is 2. The first-order valence-electron chi connectivity index (χ1n) is 9.61. The normalized spacial score (nSPS) is 21.1. The molecule has 26 heavy (non-hydrogen) atoms. The Labute approximate surface area is 153 Å². The summed E-state index contributed by atoms with van der Waals surface area (Å²) in [4.78, 5) is 40.3. The Morgan fingerprint density at radius 2 is 1.96 bits per heavy atom. The van der Waals surface area contributed by atoms with Gasteiger partial charge in [-0.3, -0.25) is 14.4 Å².